The lowest BCUT2D eigenvalue weighted by Crippen LogP contribution is -2.35. The fourth-order valence-electron chi connectivity index (χ4n) is 3.52. The average molecular weight is 462 g/mol. The number of Topliss-reactive ketones (excluding diaryl/α,β-unsaturated/α-hetero) is 1. The van der Waals surface area contributed by atoms with Crippen molar-refractivity contribution in [1.82, 2.24) is 4.31 Å². The van der Waals surface area contributed by atoms with Crippen molar-refractivity contribution in [2.24, 2.45) is 0 Å². The zero-order valence-corrected chi connectivity index (χ0v) is 19.2. The van der Waals surface area contributed by atoms with Gasteiger partial charge in [-0.05, 0) is 56.2 Å². The van der Waals surface area contributed by atoms with Gasteiger partial charge >= 0.3 is 5.97 Å². The molecule has 0 spiro atoms. The second kappa shape index (κ2) is 10.1. The van der Waals surface area contributed by atoms with Crippen LogP contribution < -0.4 is 9.47 Å². The van der Waals surface area contributed by atoms with Gasteiger partial charge in [-0.15, -0.1) is 0 Å². The Morgan fingerprint density at radius 3 is 2.19 bits per heavy atom. The van der Waals surface area contributed by atoms with E-state index in [1.165, 1.54) is 49.7 Å². The fourth-order valence-corrected chi connectivity index (χ4v) is 5.04. The quantitative estimate of drug-likeness (QED) is 0.439. The molecule has 0 bridgehead atoms. The number of ether oxygens (including phenoxy) is 3. The van der Waals surface area contributed by atoms with Crippen LogP contribution in [-0.2, 0) is 14.8 Å². The number of carbonyl (C=O) groups is 2. The smallest absolute Gasteiger partial charge is 0.338 e. The molecule has 0 N–H and O–H groups in total. The van der Waals surface area contributed by atoms with Crippen molar-refractivity contribution >= 4 is 21.8 Å². The van der Waals surface area contributed by atoms with E-state index in [1.54, 1.807) is 18.2 Å². The Hall–Kier alpha value is -2.91. The third-order valence-corrected chi connectivity index (χ3v) is 7.28. The number of hydrogen-bond acceptors (Lipinski definition) is 7. The van der Waals surface area contributed by atoms with Gasteiger partial charge in [0, 0.05) is 19.2 Å². The van der Waals surface area contributed by atoms with Crippen LogP contribution in [0.2, 0.25) is 0 Å². The third-order valence-electron chi connectivity index (χ3n) is 5.37. The van der Waals surface area contributed by atoms with Crippen molar-refractivity contribution in [3.8, 4) is 11.5 Å². The molecule has 1 heterocycles. The number of nitrogens with zero attached hydrogens (tertiary/aromatic N) is 1. The number of benzene rings is 2. The first-order valence-corrected chi connectivity index (χ1v) is 11.8. The summed E-state index contributed by atoms with van der Waals surface area (Å²) in [6, 6.07) is 10.3. The van der Waals surface area contributed by atoms with Gasteiger partial charge in [-0.1, -0.05) is 6.42 Å². The summed E-state index contributed by atoms with van der Waals surface area (Å²) in [5, 5.41) is 0. The Morgan fingerprint density at radius 2 is 1.59 bits per heavy atom. The van der Waals surface area contributed by atoms with Crippen LogP contribution in [0.5, 0.6) is 11.5 Å². The second-order valence-corrected chi connectivity index (χ2v) is 9.41. The summed E-state index contributed by atoms with van der Waals surface area (Å²) in [6.45, 7) is 2.47. The second-order valence-electron chi connectivity index (χ2n) is 7.47. The van der Waals surface area contributed by atoms with Crippen LogP contribution in [0.15, 0.2) is 47.4 Å². The van der Waals surface area contributed by atoms with E-state index in [2.05, 4.69) is 0 Å². The van der Waals surface area contributed by atoms with Crippen molar-refractivity contribution in [2.45, 2.75) is 37.2 Å². The van der Waals surface area contributed by atoms with Gasteiger partial charge in [0.1, 0.15) is 11.5 Å². The van der Waals surface area contributed by atoms with Gasteiger partial charge in [-0.25, -0.2) is 13.2 Å². The molecule has 1 aliphatic heterocycles. The molecule has 0 radical (unpaired) electrons. The molecule has 9 heteroatoms. The van der Waals surface area contributed by atoms with Crippen molar-refractivity contribution in [3.63, 3.8) is 0 Å². The Morgan fingerprint density at radius 1 is 0.938 bits per heavy atom. The maximum absolute atomic E-state index is 12.8. The predicted molar refractivity (Wildman–Crippen MR) is 118 cm³/mol. The number of piperidine rings is 1. The molecule has 1 aliphatic rings. The van der Waals surface area contributed by atoms with E-state index in [4.69, 9.17) is 14.2 Å². The number of sulfonamides is 1. The lowest BCUT2D eigenvalue weighted by molar-refractivity contribution is 0.0317. The van der Waals surface area contributed by atoms with Gasteiger partial charge in [0.25, 0.3) is 0 Å². The largest absolute Gasteiger partial charge is 0.497 e. The van der Waals surface area contributed by atoms with Crippen molar-refractivity contribution in [2.75, 3.05) is 27.3 Å². The maximum Gasteiger partial charge on any atom is 0.338 e. The highest BCUT2D eigenvalue weighted by Gasteiger charge is 2.27. The molecule has 8 nitrogen and oxygen atoms in total. The number of ketones is 1. The maximum atomic E-state index is 12.8. The molecular weight excluding hydrogens is 434 g/mol. The van der Waals surface area contributed by atoms with Gasteiger partial charge in [-0.3, -0.25) is 4.79 Å². The Kier molecular flexibility index (Phi) is 7.52. The molecule has 1 fully saturated rings. The summed E-state index contributed by atoms with van der Waals surface area (Å²) in [4.78, 5) is 25.4. The molecule has 0 saturated carbocycles. The normalized spacial score (nSPS) is 15.6. The SMILES string of the molecule is COc1ccc(C(=O)[C@@H](C)OC(=O)c2ccc(S(=O)(=O)N3CCCCC3)cc2)c(OC)c1. The average Bonchev–Trinajstić information content (AvgIpc) is 2.83. The van der Waals surface area contributed by atoms with Crippen LogP contribution in [0.3, 0.4) is 0 Å². The predicted octanol–water partition coefficient (Wildman–Crippen LogP) is 3.31. The minimum absolute atomic E-state index is 0.128. The van der Waals surface area contributed by atoms with Crippen molar-refractivity contribution in [3.05, 3.63) is 53.6 Å². The van der Waals surface area contributed by atoms with E-state index < -0.39 is 27.9 Å². The molecule has 2 aromatic rings. The molecule has 0 amide bonds. The number of esters is 1. The van der Waals surface area contributed by atoms with Crippen molar-refractivity contribution < 1.29 is 32.2 Å². The fraction of sp³-hybridized carbons (Fsp3) is 0.391. The van der Waals surface area contributed by atoms with Crippen molar-refractivity contribution in [1.29, 1.82) is 0 Å². The Bertz CT molecular complexity index is 1070. The Labute approximate surface area is 188 Å². The first kappa shape index (κ1) is 23.7. The van der Waals surface area contributed by atoms with Gasteiger partial charge < -0.3 is 14.2 Å². The molecule has 0 unspecified atom stereocenters. The highest BCUT2D eigenvalue weighted by Crippen LogP contribution is 2.26. The minimum atomic E-state index is -3.59. The monoisotopic (exact) mass is 461 g/mol. The van der Waals surface area contributed by atoms with Gasteiger partial charge in [-0.2, -0.15) is 4.31 Å². The molecule has 32 heavy (non-hydrogen) atoms. The Balaban J connectivity index is 1.70. The molecule has 2 aromatic carbocycles. The van der Waals surface area contributed by atoms with Crippen LogP contribution in [0.4, 0.5) is 0 Å². The number of methoxy groups -OCH3 is 2. The zero-order chi connectivity index (χ0) is 23.3. The van der Waals surface area contributed by atoms with E-state index in [0.717, 1.165) is 19.3 Å². The van der Waals surface area contributed by atoms with E-state index in [1.807, 2.05) is 0 Å². The van der Waals surface area contributed by atoms with Crippen LogP contribution in [0.25, 0.3) is 0 Å². The van der Waals surface area contributed by atoms with E-state index in [-0.39, 0.29) is 16.0 Å². The number of hydrogen-bond donors (Lipinski definition) is 0. The molecule has 0 aliphatic carbocycles. The summed E-state index contributed by atoms with van der Waals surface area (Å²) in [5.74, 6) is -0.311. The summed E-state index contributed by atoms with van der Waals surface area (Å²) in [6.07, 6.45) is 1.64. The lowest BCUT2D eigenvalue weighted by Gasteiger charge is -2.25. The van der Waals surface area contributed by atoms with Gasteiger partial charge in [0.2, 0.25) is 15.8 Å². The van der Waals surface area contributed by atoms with E-state index >= 15 is 0 Å². The van der Waals surface area contributed by atoms with E-state index in [0.29, 0.717) is 24.6 Å². The lowest BCUT2D eigenvalue weighted by atomic mass is 10.1. The van der Waals surface area contributed by atoms with Crippen LogP contribution >= 0.6 is 0 Å². The number of carbonyl (C=O) groups excluding carboxylic acids is 2. The molecule has 1 atom stereocenters. The molecule has 0 aromatic heterocycles. The van der Waals surface area contributed by atoms with Gasteiger partial charge in [0.15, 0.2) is 6.10 Å². The van der Waals surface area contributed by atoms with Crippen LogP contribution in [-0.4, -0.2) is 57.9 Å². The summed E-state index contributed by atoms with van der Waals surface area (Å²) in [7, 11) is -0.652. The van der Waals surface area contributed by atoms with Crippen LogP contribution in [0, 0.1) is 0 Å². The summed E-state index contributed by atoms with van der Waals surface area (Å²) in [5.41, 5.74) is 0.417. The first-order valence-electron chi connectivity index (χ1n) is 10.4. The summed E-state index contributed by atoms with van der Waals surface area (Å²) >= 11 is 0. The highest BCUT2D eigenvalue weighted by atomic mass is 32.2. The van der Waals surface area contributed by atoms with Crippen LogP contribution in [0.1, 0.15) is 46.9 Å². The minimum Gasteiger partial charge on any atom is -0.497 e. The molecule has 1 saturated heterocycles. The molecule has 172 valence electrons. The molecular formula is C23H27NO7S. The molecule has 3 rings (SSSR count). The topological polar surface area (TPSA) is 99.2 Å². The highest BCUT2D eigenvalue weighted by molar-refractivity contribution is 7.89. The third kappa shape index (κ3) is 5.11. The standard InChI is InChI=1S/C23H27NO7S/c1-16(22(25)20-12-9-18(29-2)15-21(20)30-3)31-23(26)17-7-10-19(11-8-17)32(27,28)24-13-5-4-6-14-24/h7-12,15-16H,4-6,13-14H2,1-3H3/t16-/m1/s1. The number of rotatable bonds is 8. The summed E-state index contributed by atoms with van der Waals surface area (Å²) < 4.78 is 42.6. The first-order chi connectivity index (χ1) is 15.3. The van der Waals surface area contributed by atoms with E-state index in [9.17, 15) is 18.0 Å². The van der Waals surface area contributed by atoms with Gasteiger partial charge in [0.05, 0.1) is 30.2 Å². The zero-order valence-electron chi connectivity index (χ0n) is 18.4.